The molecule has 0 aliphatic carbocycles. The molecule has 0 saturated carbocycles. The number of nitro groups is 1. The summed E-state index contributed by atoms with van der Waals surface area (Å²) in [6, 6.07) is 14.2. The summed E-state index contributed by atoms with van der Waals surface area (Å²) < 4.78 is 5.48. The van der Waals surface area contributed by atoms with Crippen molar-refractivity contribution in [3.63, 3.8) is 0 Å². The Bertz CT molecular complexity index is 1090. The number of carbonyl (C=O) groups excluding carboxylic acids is 1. The van der Waals surface area contributed by atoms with Gasteiger partial charge in [-0.3, -0.25) is 19.8 Å². The van der Waals surface area contributed by atoms with Gasteiger partial charge in [0, 0.05) is 48.9 Å². The van der Waals surface area contributed by atoms with Crippen molar-refractivity contribution in [1.29, 1.82) is 0 Å². The summed E-state index contributed by atoms with van der Waals surface area (Å²) in [6.07, 6.45) is 0. The lowest BCUT2D eigenvalue weighted by Gasteiger charge is -2.37. The number of carbonyl (C=O) groups is 1. The number of nitro benzene ring substituents is 1. The molecule has 2 aromatic carbocycles. The minimum Gasteiger partial charge on any atom is -0.337 e. The van der Waals surface area contributed by atoms with E-state index in [9.17, 15) is 14.9 Å². The molecule has 0 spiro atoms. The van der Waals surface area contributed by atoms with Crippen LogP contribution in [0, 0.1) is 17.0 Å². The van der Waals surface area contributed by atoms with Gasteiger partial charge in [-0.25, -0.2) is 0 Å². The molecule has 1 amide bonds. The highest BCUT2D eigenvalue weighted by Gasteiger charge is 2.29. The summed E-state index contributed by atoms with van der Waals surface area (Å²) in [4.78, 5) is 32.1. The van der Waals surface area contributed by atoms with Crippen molar-refractivity contribution in [3.8, 4) is 11.4 Å². The summed E-state index contributed by atoms with van der Waals surface area (Å²) >= 11 is 0. The van der Waals surface area contributed by atoms with Crippen LogP contribution in [0.15, 0.2) is 53.1 Å². The number of nitrogens with zero attached hydrogens (tertiary/aromatic N) is 5. The third-order valence-electron chi connectivity index (χ3n) is 5.71. The molecule has 1 saturated heterocycles. The Morgan fingerprint density at radius 2 is 1.81 bits per heavy atom. The van der Waals surface area contributed by atoms with Crippen LogP contribution in [0.3, 0.4) is 0 Å². The lowest BCUT2D eigenvalue weighted by molar-refractivity contribution is -0.385. The van der Waals surface area contributed by atoms with Crippen LogP contribution in [0.5, 0.6) is 0 Å². The van der Waals surface area contributed by atoms with Crippen LogP contribution in [-0.4, -0.2) is 56.9 Å². The second-order valence-electron chi connectivity index (χ2n) is 7.53. The van der Waals surface area contributed by atoms with Gasteiger partial charge < -0.3 is 9.42 Å². The molecular formula is C22H23N5O4. The van der Waals surface area contributed by atoms with Crippen LogP contribution in [0.4, 0.5) is 5.69 Å². The zero-order chi connectivity index (χ0) is 22.0. The second-order valence-corrected chi connectivity index (χ2v) is 7.53. The summed E-state index contributed by atoms with van der Waals surface area (Å²) in [7, 11) is 0. The van der Waals surface area contributed by atoms with Crippen molar-refractivity contribution >= 4 is 11.6 Å². The molecule has 9 heteroatoms. The Hall–Kier alpha value is -3.59. The van der Waals surface area contributed by atoms with Gasteiger partial charge in [-0.2, -0.15) is 4.98 Å². The van der Waals surface area contributed by atoms with Crippen LogP contribution in [0.25, 0.3) is 11.4 Å². The number of rotatable bonds is 5. The van der Waals surface area contributed by atoms with Crippen LogP contribution in [0.2, 0.25) is 0 Å². The first-order valence-electron chi connectivity index (χ1n) is 10.1. The van der Waals surface area contributed by atoms with Crippen molar-refractivity contribution in [2.45, 2.75) is 19.9 Å². The fraction of sp³-hybridized carbons (Fsp3) is 0.318. The standard InChI is InChI=1S/C22H23N5O4/c1-15-18(9-6-10-19(15)27(29)30)22(28)26-13-11-25(12-14-26)16(2)21-23-20(24-31-21)17-7-4-3-5-8-17/h3-10,16H,11-14H2,1-2H3. The number of amides is 1. The Balaban J connectivity index is 1.41. The van der Waals surface area contributed by atoms with Crippen molar-refractivity contribution in [2.75, 3.05) is 26.2 Å². The molecule has 1 aromatic heterocycles. The fourth-order valence-corrected chi connectivity index (χ4v) is 3.80. The number of hydrogen-bond donors (Lipinski definition) is 0. The number of benzene rings is 2. The number of piperazine rings is 1. The maximum absolute atomic E-state index is 12.9. The average molecular weight is 421 g/mol. The van der Waals surface area contributed by atoms with E-state index in [0.717, 1.165) is 5.56 Å². The first-order valence-corrected chi connectivity index (χ1v) is 10.1. The Morgan fingerprint density at radius 1 is 1.10 bits per heavy atom. The highest BCUT2D eigenvalue weighted by molar-refractivity contribution is 5.96. The molecule has 1 atom stereocenters. The number of hydrogen-bond acceptors (Lipinski definition) is 7. The maximum Gasteiger partial charge on any atom is 0.273 e. The molecule has 31 heavy (non-hydrogen) atoms. The van der Waals surface area contributed by atoms with Crippen LogP contribution in [0.1, 0.15) is 34.8 Å². The van der Waals surface area contributed by atoms with Gasteiger partial charge in [0.05, 0.1) is 11.0 Å². The zero-order valence-electron chi connectivity index (χ0n) is 17.4. The van der Waals surface area contributed by atoms with Gasteiger partial charge in [0.25, 0.3) is 11.6 Å². The van der Waals surface area contributed by atoms with Crippen LogP contribution >= 0.6 is 0 Å². The highest BCUT2D eigenvalue weighted by Crippen LogP contribution is 2.25. The molecule has 160 valence electrons. The molecule has 1 unspecified atom stereocenters. The van der Waals surface area contributed by atoms with Gasteiger partial charge in [-0.05, 0) is 19.9 Å². The summed E-state index contributed by atoms with van der Waals surface area (Å²) in [5, 5.41) is 15.3. The largest absolute Gasteiger partial charge is 0.337 e. The molecular weight excluding hydrogens is 398 g/mol. The smallest absolute Gasteiger partial charge is 0.273 e. The normalized spacial score (nSPS) is 15.6. The lowest BCUT2D eigenvalue weighted by Crippen LogP contribution is -2.49. The van der Waals surface area contributed by atoms with Crippen molar-refractivity contribution < 1.29 is 14.2 Å². The van der Waals surface area contributed by atoms with Gasteiger partial charge in [0.15, 0.2) is 0 Å². The molecule has 1 aliphatic heterocycles. The van der Waals surface area contributed by atoms with E-state index in [4.69, 9.17) is 4.52 Å². The first-order chi connectivity index (χ1) is 15.0. The van der Waals surface area contributed by atoms with Crippen molar-refractivity contribution in [3.05, 3.63) is 75.7 Å². The average Bonchev–Trinajstić information content (AvgIpc) is 3.29. The minimum absolute atomic E-state index is 0.0382. The van der Waals surface area contributed by atoms with Gasteiger partial charge >= 0.3 is 0 Å². The first kappa shape index (κ1) is 20.7. The molecule has 4 rings (SSSR count). The van der Waals surface area contributed by atoms with Crippen LogP contribution < -0.4 is 0 Å². The molecule has 0 radical (unpaired) electrons. The minimum atomic E-state index is -0.459. The molecule has 2 heterocycles. The Morgan fingerprint density at radius 3 is 2.48 bits per heavy atom. The third kappa shape index (κ3) is 4.17. The summed E-state index contributed by atoms with van der Waals surface area (Å²) in [5.74, 6) is 0.906. The van der Waals surface area contributed by atoms with E-state index in [1.165, 1.54) is 6.07 Å². The quantitative estimate of drug-likeness (QED) is 0.459. The van der Waals surface area contributed by atoms with Crippen LogP contribution in [-0.2, 0) is 0 Å². The van der Waals surface area contributed by atoms with E-state index >= 15 is 0 Å². The van der Waals surface area contributed by atoms with E-state index in [1.54, 1.807) is 24.0 Å². The third-order valence-corrected chi connectivity index (χ3v) is 5.71. The van der Waals surface area contributed by atoms with E-state index in [0.29, 0.717) is 49.0 Å². The maximum atomic E-state index is 12.9. The molecule has 1 fully saturated rings. The Kier molecular flexibility index (Phi) is 5.77. The predicted molar refractivity (Wildman–Crippen MR) is 113 cm³/mol. The number of aromatic nitrogens is 2. The molecule has 1 aliphatic rings. The fourth-order valence-electron chi connectivity index (χ4n) is 3.80. The predicted octanol–water partition coefficient (Wildman–Crippen LogP) is 3.47. The van der Waals surface area contributed by atoms with E-state index in [2.05, 4.69) is 15.0 Å². The lowest BCUT2D eigenvalue weighted by atomic mass is 10.0. The molecule has 9 nitrogen and oxygen atoms in total. The van der Waals surface area contributed by atoms with E-state index < -0.39 is 4.92 Å². The van der Waals surface area contributed by atoms with Gasteiger partial charge in [0.2, 0.25) is 11.7 Å². The SMILES string of the molecule is Cc1c(C(=O)N2CCN(C(C)c3nc(-c4ccccc4)no3)CC2)cccc1[N+](=O)[O-]. The van der Waals surface area contributed by atoms with Crippen molar-refractivity contribution in [1.82, 2.24) is 19.9 Å². The van der Waals surface area contributed by atoms with E-state index in [1.807, 2.05) is 37.3 Å². The summed E-state index contributed by atoms with van der Waals surface area (Å²) in [6.45, 7) is 5.94. The molecule has 0 bridgehead atoms. The highest BCUT2D eigenvalue weighted by atomic mass is 16.6. The second kappa shape index (κ2) is 8.65. The van der Waals surface area contributed by atoms with Gasteiger partial charge in [-0.1, -0.05) is 41.6 Å². The Labute approximate surface area is 179 Å². The molecule has 0 N–H and O–H groups in total. The topological polar surface area (TPSA) is 106 Å². The van der Waals surface area contributed by atoms with Gasteiger partial charge in [-0.15, -0.1) is 0 Å². The van der Waals surface area contributed by atoms with Gasteiger partial charge in [0.1, 0.15) is 0 Å². The van der Waals surface area contributed by atoms with Crippen molar-refractivity contribution in [2.24, 2.45) is 0 Å². The molecule has 3 aromatic rings. The monoisotopic (exact) mass is 421 g/mol. The summed E-state index contributed by atoms with van der Waals surface area (Å²) in [5.41, 5.74) is 1.63. The zero-order valence-corrected chi connectivity index (χ0v) is 17.4. The van der Waals surface area contributed by atoms with E-state index in [-0.39, 0.29) is 17.6 Å².